The summed E-state index contributed by atoms with van der Waals surface area (Å²) in [5, 5.41) is 14.8. The van der Waals surface area contributed by atoms with Crippen LogP contribution in [0.4, 0.5) is 0 Å². The van der Waals surface area contributed by atoms with Crippen LogP contribution >= 0.6 is 22.9 Å². The van der Waals surface area contributed by atoms with Crippen molar-refractivity contribution < 1.29 is 9.84 Å². The van der Waals surface area contributed by atoms with Crippen molar-refractivity contribution in [1.82, 2.24) is 10.3 Å². The fourth-order valence-corrected chi connectivity index (χ4v) is 2.69. The number of hydrogen-bond donors (Lipinski definition) is 2. The second-order valence-electron chi connectivity index (χ2n) is 4.77. The minimum atomic E-state index is -0.522. The Balaban J connectivity index is 1.59. The summed E-state index contributed by atoms with van der Waals surface area (Å²) in [6.45, 7) is 3.98. The van der Waals surface area contributed by atoms with Crippen LogP contribution in [0.3, 0.4) is 0 Å². The first-order chi connectivity index (χ1) is 10.1. The molecular formula is C15H19ClN2O2S. The zero-order valence-electron chi connectivity index (χ0n) is 11.9. The number of aromatic nitrogens is 1. The van der Waals surface area contributed by atoms with E-state index in [2.05, 4.69) is 10.3 Å². The predicted octanol–water partition coefficient (Wildman–Crippen LogP) is 2.77. The number of nitrogens with one attached hydrogen (secondary N) is 1. The van der Waals surface area contributed by atoms with E-state index in [0.717, 1.165) is 17.1 Å². The summed E-state index contributed by atoms with van der Waals surface area (Å²) >= 11 is 7.47. The molecule has 1 aromatic heterocycles. The molecule has 21 heavy (non-hydrogen) atoms. The van der Waals surface area contributed by atoms with Crippen molar-refractivity contribution in [1.29, 1.82) is 0 Å². The Hall–Kier alpha value is -0.980. The highest BCUT2D eigenvalue weighted by atomic mass is 35.5. The van der Waals surface area contributed by atoms with Crippen LogP contribution in [0.1, 0.15) is 15.4 Å². The van der Waals surface area contributed by atoms with Gasteiger partial charge in [0.1, 0.15) is 0 Å². The molecule has 0 aliphatic rings. The number of aryl methyl sites for hydroxylation is 1. The SMILES string of the molecule is Cc1ncc(CNCC(O)COCc2ccc(Cl)cc2)s1. The molecule has 0 bridgehead atoms. The smallest absolute Gasteiger partial charge is 0.0897 e. The average Bonchev–Trinajstić information content (AvgIpc) is 2.87. The van der Waals surface area contributed by atoms with Crippen LogP contribution in [0.15, 0.2) is 30.5 Å². The summed E-state index contributed by atoms with van der Waals surface area (Å²) in [6, 6.07) is 7.49. The quantitative estimate of drug-likeness (QED) is 0.783. The molecule has 1 atom stereocenters. The normalized spacial score (nSPS) is 12.5. The van der Waals surface area contributed by atoms with Crippen LogP contribution in [0.5, 0.6) is 0 Å². The van der Waals surface area contributed by atoms with Gasteiger partial charge in [-0.25, -0.2) is 4.98 Å². The van der Waals surface area contributed by atoms with Crippen LogP contribution in [0.2, 0.25) is 5.02 Å². The summed E-state index contributed by atoms with van der Waals surface area (Å²) in [4.78, 5) is 5.35. The van der Waals surface area contributed by atoms with Crippen LogP contribution in [0.25, 0.3) is 0 Å². The molecule has 0 amide bonds. The predicted molar refractivity (Wildman–Crippen MR) is 85.7 cm³/mol. The molecule has 2 aromatic rings. The van der Waals surface area contributed by atoms with Gasteiger partial charge in [0, 0.05) is 29.2 Å². The van der Waals surface area contributed by atoms with E-state index in [1.54, 1.807) is 11.3 Å². The van der Waals surface area contributed by atoms with Crippen LogP contribution in [-0.4, -0.2) is 29.3 Å². The molecule has 0 saturated carbocycles. The van der Waals surface area contributed by atoms with Gasteiger partial charge in [0.15, 0.2) is 0 Å². The number of hydrogen-bond acceptors (Lipinski definition) is 5. The van der Waals surface area contributed by atoms with Crippen molar-refractivity contribution in [2.75, 3.05) is 13.2 Å². The van der Waals surface area contributed by atoms with Crippen molar-refractivity contribution in [3.05, 3.63) is 50.9 Å². The summed E-state index contributed by atoms with van der Waals surface area (Å²) in [6.07, 6.45) is 1.34. The third-order valence-corrected chi connectivity index (χ3v) is 4.01. The lowest BCUT2D eigenvalue weighted by molar-refractivity contribution is 0.0287. The van der Waals surface area contributed by atoms with Gasteiger partial charge in [0.05, 0.1) is 24.3 Å². The van der Waals surface area contributed by atoms with Gasteiger partial charge in [-0.3, -0.25) is 0 Å². The zero-order chi connectivity index (χ0) is 15.1. The van der Waals surface area contributed by atoms with E-state index in [-0.39, 0.29) is 0 Å². The maximum atomic E-state index is 9.83. The summed E-state index contributed by atoms with van der Waals surface area (Å²) in [5.41, 5.74) is 1.04. The molecule has 2 N–H and O–H groups in total. The van der Waals surface area contributed by atoms with E-state index >= 15 is 0 Å². The van der Waals surface area contributed by atoms with Gasteiger partial charge < -0.3 is 15.2 Å². The van der Waals surface area contributed by atoms with E-state index in [9.17, 15) is 5.11 Å². The molecule has 0 radical (unpaired) electrons. The van der Waals surface area contributed by atoms with Crippen molar-refractivity contribution in [3.8, 4) is 0 Å². The van der Waals surface area contributed by atoms with E-state index in [4.69, 9.17) is 16.3 Å². The van der Waals surface area contributed by atoms with Crippen LogP contribution in [-0.2, 0) is 17.9 Å². The molecule has 0 aliphatic heterocycles. The molecule has 4 nitrogen and oxygen atoms in total. The average molecular weight is 327 g/mol. The van der Waals surface area contributed by atoms with Gasteiger partial charge in [0.25, 0.3) is 0 Å². The number of thiazole rings is 1. The first kappa shape index (κ1) is 16.4. The minimum Gasteiger partial charge on any atom is -0.389 e. The first-order valence-corrected chi connectivity index (χ1v) is 7.95. The van der Waals surface area contributed by atoms with Crippen molar-refractivity contribution in [2.45, 2.75) is 26.2 Å². The molecule has 0 saturated heterocycles. The van der Waals surface area contributed by atoms with Crippen LogP contribution in [0, 0.1) is 6.92 Å². The van der Waals surface area contributed by atoms with Gasteiger partial charge in [-0.15, -0.1) is 11.3 Å². The summed E-state index contributed by atoms with van der Waals surface area (Å²) < 4.78 is 5.49. The first-order valence-electron chi connectivity index (χ1n) is 6.76. The fraction of sp³-hybridized carbons (Fsp3) is 0.400. The topological polar surface area (TPSA) is 54.4 Å². The number of rotatable bonds is 8. The molecule has 1 heterocycles. The lowest BCUT2D eigenvalue weighted by Gasteiger charge is -2.12. The van der Waals surface area contributed by atoms with Gasteiger partial charge >= 0.3 is 0 Å². The van der Waals surface area contributed by atoms with Crippen molar-refractivity contribution in [3.63, 3.8) is 0 Å². The molecule has 2 rings (SSSR count). The molecule has 1 unspecified atom stereocenters. The van der Waals surface area contributed by atoms with Gasteiger partial charge in [-0.1, -0.05) is 23.7 Å². The molecule has 0 aliphatic carbocycles. The zero-order valence-corrected chi connectivity index (χ0v) is 13.5. The van der Waals surface area contributed by atoms with Gasteiger partial charge in [-0.2, -0.15) is 0 Å². The lowest BCUT2D eigenvalue weighted by Crippen LogP contribution is -2.29. The maximum absolute atomic E-state index is 9.83. The Bertz CT molecular complexity index is 545. The van der Waals surface area contributed by atoms with Crippen LogP contribution < -0.4 is 5.32 Å². The third kappa shape index (κ3) is 6.11. The number of benzene rings is 1. The highest BCUT2D eigenvalue weighted by Crippen LogP contribution is 2.11. The second kappa shape index (κ2) is 8.46. The number of nitrogens with zero attached hydrogens (tertiary/aromatic N) is 1. The molecule has 114 valence electrons. The maximum Gasteiger partial charge on any atom is 0.0897 e. The van der Waals surface area contributed by atoms with E-state index < -0.39 is 6.10 Å². The minimum absolute atomic E-state index is 0.303. The highest BCUT2D eigenvalue weighted by molar-refractivity contribution is 7.11. The summed E-state index contributed by atoms with van der Waals surface area (Å²) in [7, 11) is 0. The van der Waals surface area contributed by atoms with E-state index in [1.165, 1.54) is 4.88 Å². The molecule has 1 aromatic carbocycles. The highest BCUT2D eigenvalue weighted by Gasteiger charge is 2.05. The molecule has 6 heteroatoms. The number of halogens is 1. The Labute approximate surface area is 133 Å². The van der Waals surface area contributed by atoms with E-state index in [1.807, 2.05) is 37.4 Å². The molecular weight excluding hydrogens is 308 g/mol. The Kier molecular flexibility index (Phi) is 6.60. The summed E-state index contributed by atoms with van der Waals surface area (Å²) in [5.74, 6) is 0. The molecule has 0 fully saturated rings. The Morgan fingerprint density at radius 1 is 1.38 bits per heavy atom. The number of aliphatic hydroxyl groups excluding tert-OH is 1. The standard InChI is InChI=1S/C15H19ClN2O2S/c1-11-18-8-15(21-11)7-17-6-14(19)10-20-9-12-2-4-13(16)5-3-12/h2-5,8,14,17,19H,6-7,9-10H2,1H3. The third-order valence-electron chi connectivity index (χ3n) is 2.84. The monoisotopic (exact) mass is 326 g/mol. The van der Waals surface area contributed by atoms with Gasteiger partial charge in [-0.05, 0) is 24.6 Å². The van der Waals surface area contributed by atoms with Crippen molar-refractivity contribution >= 4 is 22.9 Å². The van der Waals surface area contributed by atoms with Gasteiger partial charge in [0.2, 0.25) is 0 Å². The number of ether oxygens (including phenoxy) is 1. The lowest BCUT2D eigenvalue weighted by atomic mass is 10.2. The largest absolute Gasteiger partial charge is 0.389 e. The Morgan fingerprint density at radius 3 is 2.81 bits per heavy atom. The fourth-order valence-electron chi connectivity index (χ4n) is 1.80. The second-order valence-corrected chi connectivity index (χ2v) is 6.53. The Morgan fingerprint density at radius 2 is 2.14 bits per heavy atom. The van der Waals surface area contributed by atoms with Crippen molar-refractivity contribution in [2.24, 2.45) is 0 Å². The van der Waals surface area contributed by atoms with E-state index in [0.29, 0.717) is 24.8 Å². The number of aliphatic hydroxyl groups is 1. The molecule has 0 spiro atoms.